The van der Waals surface area contributed by atoms with Gasteiger partial charge in [-0.25, -0.2) is 0 Å². The highest BCUT2D eigenvalue weighted by Gasteiger charge is 2.34. The Labute approximate surface area is 187 Å². The lowest BCUT2D eigenvalue weighted by molar-refractivity contribution is 0.162. The van der Waals surface area contributed by atoms with Gasteiger partial charge in [0.2, 0.25) is 0 Å². The molecule has 1 heterocycles. The number of hydrogen-bond acceptors (Lipinski definition) is 3. The van der Waals surface area contributed by atoms with Crippen molar-refractivity contribution in [2.24, 2.45) is 0 Å². The predicted molar refractivity (Wildman–Crippen MR) is 129 cm³/mol. The van der Waals surface area contributed by atoms with Crippen LogP contribution in [0.1, 0.15) is 45.4 Å². The summed E-state index contributed by atoms with van der Waals surface area (Å²) in [7, 11) is 0. The van der Waals surface area contributed by atoms with Gasteiger partial charge < -0.3 is 0 Å². The summed E-state index contributed by atoms with van der Waals surface area (Å²) in [4.78, 5) is 7.00. The van der Waals surface area contributed by atoms with E-state index in [2.05, 4.69) is 92.2 Å². The molecule has 0 bridgehead atoms. The molecule has 0 saturated carbocycles. The molecule has 31 heavy (non-hydrogen) atoms. The molecule has 0 aliphatic rings. The molecule has 3 heteroatoms. The Morgan fingerprint density at radius 2 is 1.45 bits per heavy atom. The van der Waals surface area contributed by atoms with E-state index in [1.165, 1.54) is 11.1 Å². The van der Waals surface area contributed by atoms with Gasteiger partial charge >= 0.3 is 0 Å². The number of hydrogen-bond donors (Lipinski definition) is 0. The molecule has 0 aliphatic heterocycles. The summed E-state index contributed by atoms with van der Waals surface area (Å²) >= 11 is 0. The molecule has 0 N–H and O–H groups in total. The lowest BCUT2D eigenvalue weighted by atomic mass is 9.74. The second-order valence-corrected chi connectivity index (χ2v) is 8.81. The quantitative estimate of drug-likeness (QED) is 0.417. The first-order valence-electron chi connectivity index (χ1n) is 11.2. The van der Waals surface area contributed by atoms with Crippen LogP contribution < -0.4 is 0 Å². The Hall–Kier alpha value is -2.96. The lowest BCUT2D eigenvalue weighted by Crippen LogP contribution is -2.41. The van der Waals surface area contributed by atoms with E-state index in [1.54, 1.807) is 0 Å². The first-order chi connectivity index (χ1) is 14.9. The molecule has 0 amide bonds. The van der Waals surface area contributed by atoms with Crippen LogP contribution in [0.3, 0.4) is 0 Å². The van der Waals surface area contributed by atoms with Gasteiger partial charge in [-0.3, -0.25) is 9.88 Å². The van der Waals surface area contributed by atoms with Crippen LogP contribution in [0.4, 0.5) is 0 Å². The van der Waals surface area contributed by atoms with Crippen molar-refractivity contribution in [1.29, 1.82) is 5.26 Å². The number of pyridine rings is 1. The van der Waals surface area contributed by atoms with Crippen molar-refractivity contribution in [1.82, 2.24) is 9.88 Å². The van der Waals surface area contributed by atoms with E-state index in [9.17, 15) is 5.26 Å². The van der Waals surface area contributed by atoms with Gasteiger partial charge in [0.25, 0.3) is 0 Å². The Kier molecular flexibility index (Phi) is 7.60. The molecule has 1 unspecified atom stereocenters. The zero-order valence-electron chi connectivity index (χ0n) is 19.1. The number of benzene rings is 2. The second kappa shape index (κ2) is 10.4. The van der Waals surface area contributed by atoms with Crippen molar-refractivity contribution >= 4 is 0 Å². The molecule has 2 aromatic carbocycles. The van der Waals surface area contributed by atoms with Crippen molar-refractivity contribution in [3.8, 4) is 17.2 Å². The summed E-state index contributed by atoms with van der Waals surface area (Å²) in [6.45, 7) is 9.77. The number of rotatable bonds is 9. The Morgan fingerprint density at radius 3 is 2.00 bits per heavy atom. The number of nitriles is 1. The van der Waals surface area contributed by atoms with Crippen LogP contribution in [0, 0.1) is 11.3 Å². The van der Waals surface area contributed by atoms with Gasteiger partial charge in [-0.2, -0.15) is 5.26 Å². The molecule has 0 saturated heterocycles. The third-order valence-corrected chi connectivity index (χ3v) is 6.09. The molecule has 1 aromatic heterocycles. The fraction of sp³-hybridized carbons (Fsp3) is 0.357. The lowest BCUT2D eigenvalue weighted by Gasteiger charge is -2.35. The van der Waals surface area contributed by atoms with Crippen molar-refractivity contribution < 1.29 is 0 Å². The third kappa shape index (κ3) is 5.60. The molecule has 0 aliphatic carbocycles. The number of aromatic nitrogens is 1. The van der Waals surface area contributed by atoms with E-state index >= 15 is 0 Å². The minimum absolute atomic E-state index is 0.437. The van der Waals surface area contributed by atoms with E-state index in [0.29, 0.717) is 18.5 Å². The van der Waals surface area contributed by atoms with Gasteiger partial charge in [-0.15, -0.1) is 0 Å². The first-order valence-corrected chi connectivity index (χ1v) is 11.2. The van der Waals surface area contributed by atoms with Crippen molar-refractivity contribution in [2.45, 2.75) is 58.0 Å². The van der Waals surface area contributed by atoms with E-state index in [0.717, 1.165) is 24.2 Å². The van der Waals surface area contributed by atoms with Gasteiger partial charge in [0.05, 0.1) is 11.5 Å². The van der Waals surface area contributed by atoms with E-state index in [-0.39, 0.29) is 0 Å². The van der Waals surface area contributed by atoms with Gasteiger partial charge in [0, 0.05) is 36.9 Å². The largest absolute Gasteiger partial charge is 0.298 e. The zero-order chi connectivity index (χ0) is 22.3. The third-order valence-electron chi connectivity index (χ3n) is 6.09. The van der Waals surface area contributed by atoms with Gasteiger partial charge in [-0.05, 0) is 62.9 Å². The molecular weight excluding hydrogens is 378 g/mol. The van der Waals surface area contributed by atoms with Crippen molar-refractivity contribution in [3.63, 3.8) is 0 Å². The monoisotopic (exact) mass is 411 g/mol. The summed E-state index contributed by atoms with van der Waals surface area (Å²) in [6, 6.07) is 28.4. The van der Waals surface area contributed by atoms with Gasteiger partial charge in [0.1, 0.15) is 0 Å². The molecule has 0 radical (unpaired) electrons. The Morgan fingerprint density at radius 1 is 0.839 bits per heavy atom. The molecule has 3 aromatic rings. The molecule has 0 spiro atoms. The van der Waals surface area contributed by atoms with Crippen LogP contribution in [0.2, 0.25) is 0 Å². The van der Waals surface area contributed by atoms with Crippen LogP contribution in [0.15, 0.2) is 79.0 Å². The highest BCUT2D eigenvalue weighted by atomic mass is 15.2. The maximum absolute atomic E-state index is 10.5. The van der Waals surface area contributed by atoms with Crippen LogP contribution >= 0.6 is 0 Å². The molecule has 0 fully saturated rings. The van der Waals surface area contributed by atoms with Gasteiger partial charge in [-0.1, -0.05) is 60.7 Å². The summed E-state index contributed by atoms with van der Waals surface area (Å²) in [5, 5.41) is 10.5. The zero-order valence-corrected chi connectivity index (χ0v) is 19.1. The average Bonchev–Trinajstić information content (AvgIpc) is 2.79. The SMILES string of the molecule is CC(C)N(CCC(C#N)(Cc1ccccn1)c1ccc(-c2ccccc2)cc1)C(C)C. The predicted octanol–water partition coefficient (Wildman–Crippen LogP) is 6.26. The summed E-state index contributed by atoms with van der Waals surface area (Å²) < 4.78 is 0. The molecule has 1 atom stereocenters. The van der Waals surface area contributed by atoms with E-state index in [4.69, 9.17) is 0 Å². The molecule has 160 valence electrons. The van der Waals surface area contributed by atoms with Crippen LogP contribution in [0.25, 0.3) is 11.1 Å². The molecular formula is C28H33N3. The van der Waals surface area contributed by atoms with Crippen LogP contribution in [-0.2, 0) is 11.8 Å². The van der Waals surface area contributed by atoms with Crippen LogP contribution in [0.5, 0.6) is 0 Å². The second-order valence-electron chi connectivity index (χ2n) is 8.81. The van der Waals surface area contributed by atoms with Gasteiger partial charge in [0.15, 0.2) is 0 Å². The first kappa shape index (κ1) is 22.7. The minimum Gasteiger partial charge on any atom is -0.298 e. The fourth-order valence-electron chi connectivity index (χ4n) is 4.35. The smallest absolute Gasteiger partial charge is 0.0889 e. The maximum atomic E-state index is 10.5. The summed E-state index contributed by atoms with van der Waals surface area (Å²) in [5.41, 5.74) is 3.75. The Bertz CT molecular complexity index is 964. The highest BCUT2D eigenvalue weighted by molar-refractivity contribution is 5.64. The topological polar surface area (TPSA) is 39.9 Å². The van der Waals surface area contributed by atoms with Crippen molar-refractivity contribution in [2.75, 3.05) is 6.54 Å². The average molecular weight is 412 g/mol. The summed E-state index contributed by atoms with van der Waals surface area (Å²) in [6.07, 6.45) is 3.19. The standard InChI is InChI=1S/C28H33N3/c1-22(2)31(23(3)4)19-17-28(21-29,20-27-12-8-9-18-30-27)26-15-13-25(14-16-26)24-10-6-5-7-11-24/h5-16,18,22-23H,17,19-20H2,1-4H3. The van der Waals surface area contributed by atoms with E-state index in [1.807, 2.05) is 30.5 Å². The molecule has 3 rings (SSSR count). The van der Waals surface area contributed by atoms with E-state index < -0.39 is 5.41 Å². The Balaban J connectivity index is 1.95. The molecule has 3 nitrogen and oxygen atoms in total. The fourth-order valence-corrected chi connectivity index (χ4v) is 4.35. The number of nitrogens with zero attached hydrogens (tertiary/aromatic N) is 3. The highest BCUT2D eigenvalue weighted by Crippen LogP contribution is 2.33. The maximum Gasteiger partial charge on any atom is 0.0889 e. The minimum atomic E-state index is -0.619. The van der Waals surface area contributed by atoms with Crippen molar-refractivity contribution in [3.05, 3.63) is 90.3 Å². The van der Waals surface area contributed by atoms with Crippen LogP contribution in [-0.4, -0.2) is 28.5 Å². The normalized spacial score (nSPS) is 13.4. The summed E-state index contributed by atoms with van der Waals surface area (Å²) in [5.74, 6) is 0.